The molecule has 0 aliphatic heterocycles. The Morgan fingerprint density at radius 2 is 1.90 bits per heavy atom. The minimum absolute atomic E-state index is 0.168. The van der Waals surface area contributed by atoms with Crippen molar-refractivity contribution in [1.29, 1.82) is 0 Å². The van der Waals surface area contributed by atoms with Crippen LogP contribution in [-0.4, -0.2) is 16.9 Å². The van der Waals surface area contributed by atoms with E-state index in [-0.39, 0.29) is 11.5 Å². The maximum absolute atomic E-state index is 10.5. The Bertz CT molecular complexity index is 647. The molecule has 0 saturated heterocycles. The summed E-state index contributed by atoms with van der Waals surface area (Å²) in [5.41, 5.74) is 9.17. The second-order valence-corrected chi connectivity index (χ2v) is 13.5. The van der Waals surface area contributed by atoms with Crippen LogP contribution in [0.5, 0.6) is 0 Å². The first-order valence-corrected chi connectivity index (χ1v) is 14.2. The van der Waals surface area contributed by atoms with Gasteiger partial charge in [-0.3, -0.25) is 0 Å². The lowest BCUT2D eigenvalue weighted by molar-refractivity contribution is -0.0552. The van der Waals surface area contributed by atoms with Crippen LogP contribution in [0, 0.1) is 46.3 Å². The highest BCUT2D eigenvalue weighted by Gasteiger charge is 2.60. The van der Waals surface area contributed by atoms with Gasteiger partial charge in [0.1, 0.15) is 0 Å². The molecule has 0 bridgehead atoms. The molecule has 172 valence electrons. The number of rotatable bonds is 6. The number of hydrogen-bond donors (Lipinski definition) is 2. The van der Waals surface area contributed by atoms with Crippen molar-refractivity contribution in [1.82, 2.24) is 0 Å². The van der Waals surface area contributed by atoms with Gasteiger partial charge < -0.3 is 10.6 Å². The lowest BCUT2D eigenvalue weighted by Gasteiger charge is -2.60. The largest absolute Gasteiger partial charge is 0.393 e. The predicted molar refractivity (Wildman–Crippen MR) is 131 cm³/mol. The van der Waals surface area contributed by atoms with Gasteiger partial charge in [-0.05, 0) is 91.3 Å². The second-order valence-electron chi connectivity index (χ2n) is 12.5. The van der Waals surface area contributed by atoms with E-state index in [0.717, 1.165) is 48.3 Å². The molecule has 0 heterocycles. The van der Waals surface area contributed by atoms with Crippen molar-refractivity contribution in [2.24, 2.45) is 51.8 Å². The molecule has 3 saturated carbocycles. The summed E-state index contributed by atoms with van der Waals surface area (Å²) in [7, 11) is 0.460. The van der Waals surface area contributed by atoms with Crippen LogP contribution in [0.2, 0.25) is 0 Å². The van der Waals surface area contributed by atoms with Crippen LogP contribution in [-0.2, 0) is 0 Å². The third-order valence-corrected chi connectivity index (χ3v) is 11.9. The van der Waals surface area contributed by atoms with Crippen molar-refractivity contribution in [3.05, 3.63) is 11.6 Å². The maximum atomic E-state index is 10.5. The molecular formula is C27H48NOP. The van der Waals surface area contributed by atoms with Crippen molar-refractivity contribution in [3.63, 3.8) is 0 Å². The van der Waals surface area contributed by atoms with E-state index in [1.165, 1.54) is 51.4 Å². The Morgan fingerprint density at radius 3 is 2.60 bits per heavy atom. The van der Waals surface area contributed by atoms with E-state index in [1.807, 2.05) is 0 Å². The molecule has 3 fully saturated rings. The average Bonchev–Trinajstić information content (AvgIpc) is 3.05. The summed E-state index contributed by atoms with van der Waals surface area (Å²) in [4.78, 5) is 0. The Hall–Kier alpha value is 0.0900. The van der Waals surface area contributed by atoms with Crippen LogP contribution in [0.25, 0.3) is 0 Å². The minimum atomic E-state index is -0.168. The number of hydrogen-bond acceptors (Lipinski definition) is 2. The Kier molecular flexibility index (Phi) is 6.82. The number of aliphatic hydroxyl groups is 1. The molecule has 0 radical (unpaired) electrons. The molecule has 0 aromatic carbocycles. The van der Waals surface area contributed by atoms with E-state index in [4.69, 9.17) is 5.50 Å². The topological polar surface area (TPSA) is 46.2 Å². The highest BCUT2D eigenvalue weighted by atomic mass is 31.1. The standard InChI is InChI=1S/C27H48NOP/c1-17(2)7-6-8-18(3)22-11-12-23-21-10-9-19-15-20(29)16-25(30-28)27(19,5)24(21)13-14-26(22,23)4/h9,17-18,20-25,29-30H,6-8,10-16,28H2,1-5H3/t18-,20-,21+,22-,23+,24+,25?,26-,27+/m1/s1. The maximum Gasteiger partial charge on any atom is 0.0584 e. The van der Waals surface area contributed by atoms with E-state index < -0.39 is 0 Å². The van der Waals surface area contributed by atoms with Crippen molar-refractivity contribution < 1.29 is 5.11 Å². The molecule has 10 atom stereocenters. The summed E-state index contributed by atoms with van der Waals surface area (Å²) in [5.74, 6) is 5.18. The molecular weight excluding hydrogens is 385 g/mol. The number of nitrogens with two attached hydrogens (primary N) is 1. The minimum Gasteiger partial charge on any atom is -0.393 e. The van der Waals surface area contributed by atoms with Gasteiger partial charge in [-0.15, -0.1) is 0 Å². The lowest BCUT2D eigenvalue weighted by Crippen LogP contribution is -2.54. The molecule has 4 aliphatic carbocycles. The fraction of sp³-hybridized carbons (Fsp3) is 0.926. The van der Waals surface area contributed by atoms with Gasteiger partial charge in [0.05, 0.1) is 6.10 Å². The Morgan fingerprint density at radius 1 is 1.13 bits per heavy atom. The van der Waals surface area contributed by atoms with Gasteiger partial charge in [-0.1, -0.05) is 74.3 Å². The van der Waals surface area contributed by atoms with Gasteiger partial charge in [-0.25, -0.2) is 0 Å². The third kappa shape index (κ3) is 3.76. The van der Waals surface area contributed by atoms with Crippen LogP contribution < -0.4 is 5.50 Å². The molecule has 4 rings (SSSR count). The smallest absolute Gasteiger partial charge is 0.0584 e. The summed E-state index contributed by atoms with van der Waals surface area (Å²) >= 11 is 0. The molecule has 3 N–H and O–H groups in total. The summed E-state index contributed by atoms with van der Waals surface area (Å²) in [6, 6.07) is 0. The molecule has 4 aliphatic rings. The first kappa shape index (κ1) is 23.3. The van der Waals surface area contributed by atoms with Crippen molar-refractivity contribution in [2.75, 3.05) is 0 Å². The summed E-state index contributed by atoms with van der Waals surface area (Å²) in [5, 5.41) is 10.5. The zero-order valence-electron chi connectivity index (χ0n) is 20.3. The van der Waals surface area contributed by atoms with Gasteiger partial charge in [0, 0.05) is 5.66 Å². The van der Waals surface area contributed by atoms with Crippen LogP contribution >= 0.6 is 8.73 Å². The SMILES string of the molecule is CC(C)CCC[C@@H](C)[C@H]1CC[C@H]2[C@@H]3CC=C4C[C@@H](O)CC(PN)[C@]4(C)[C@H]3CC[C@]12C. The average molecular weight is 434 g/mol. The van der Waals surface area contributed by atoms with Crippen LogP contribution in [0.1, 0.15) is 98.8 Å². The molecule has 3 heteroatoms. The van der Waals surface area contributed by atoms with E-state index >= 15 is 0 Å². The molecule has 0 aromatic rings. The zero-order valence-corrected chi connectivity index (χ0v) is 21.3. The van der Waals surface area contributed by atoms with Crippen molar-refractivity contribution in [2.45, 2.75) is 111 Å². The van der Waals surface area contributed by atoms with Crippen molar-refractivity contribution in [3.8, 4) is 0 Å². The first-order valence-electron chi connectivity index (χ1n) is 13.1. The van der Waals surface area contributed by atoms with Gasteiger partial charge in [0.15, 0.2) is 0 Å². The van der Waals surface area contributed by atoms with Crippen LogP contribution in [0.4, 0.5) is 0 Å². The fourth-order valence-corrected chi connectivity index (χ4v) is 10.2. The fourth-order valence-electron chi connectivity index (χ4n) is 9.00. The third-order valence-electron chi connectivity index (χ3n) is 10.6. The number of allylic oxidation sites excluding steroid dienone is 1. The first-order chi connectivity index (χ1) is 14.2. The highest BCUT2D eigenvalue weighted by molar-refractivity contribution is 7.36. The molecule has 0 spiro atoms. The molecule has 2 nitrogen and oxygen atoms in total. The molecule has 30 heavy (non-hydrogen) atoms. The molecule has 0 aromatic heterocycles. The van der Waals surface area contributed by atoms with Gasteiger partial charge >= 0.3 is 0 Å². The summed E-state index contributed by atoms with van der Waals surface area (Å²) in [6.07, 6.45) is 15.4. The predicted octanol–water partition coefficient (Wildman–Crippen LogP) is 6.92. The van der Waals surface area contributed by atoms with Gasteiger partial charge in [-0.2, -0.15) is 0 Å². The van der Waals surface area contributed by atoms with E-state index in [2.05, 4.69) is 40.7 Å². The van der Waals surface area contributed by atoms with Crippen LogP contribution in [0.3, 0.4) is 0 Å². The normalized spacial score (nSPS) is 47.1. The quantitative estimate of drug-likeness (QED) is 0.353. The zero-order chi connectivity index (χ0) is 21.7. The second kappa shape index (κ2) is 8.79. The number of fused-ring (bicyclic) bond motifs is 5. The number of aliphatic hydroxyl groups excluding tert-OH is 1. The van der Waals surface area contributed by atoms with Crippen molar-refractivity contribution >= 4 is 8.73 Å². The Labute approximate surface area is 188 Å². The molecule has 2 unspecified atom stereocenters. The highest BCUT2D eigenvalue weighted by Crippen LogP contribution is 2.68. The van der Waals surface area contributed by atoms with E-state index in [1.54, 1.807) is 5.57 Å². The van der Waals surface area contributed by atoms with E-state index in [0.29, 0.717) is 19.8 Å². The van der Waals surface area contributed by atoms with Crippen LogP contribution in [0.15, 0.2) is 11.6 Å². The van der Waals surface area contributed by atoms with E-state index in [9.17, 15) is 5.11 Å². The van der Waals surface area contributed by atoms with Gasteiger partial charge in [0.25, 0.3) is 0 Å². The lowest BCUT2D eigenvalue weighted by atomic mass is 9.46. The Balaban J connectivity index is 1.53. The summed E-state index contributed by atoms with van der Waals surface area (Å²) < 4.78 is 0. The monoisotopic (exact) mass is 433 g/mol. The molecule has 0 amide bonds. The summed E-state index contributed by atoms with van der Waals surface area (Å²) in [6.45, 7) is 12.5. The van der Waals surface area contributed by atoms with Gasteiger partial charge in [0.2, 0.25) is 0 Å².